The summed E-state index contributed by atoms with van der Waals surface area (Å²) in [4.78, 5) is 44.3. The Morgan fingerprint density at radius 1 is 0.590 bits per heavy atom. The number of carbonyl (C=O) groups excluding carboxylic acids is 2. The number of nitro groups is 1. The van der Waals surface area contributed by atoms with Crippen LogP contribution in [0.3, 0.4) is 0 Å². The van der Waals surface area contributed by atoms with Crippen LogP contribution >= 0.6 is 0 Å². The highest BCUT2D eigenvalue weighted by molar-refractivity contribution is 6.27. The van der Waals surface area contributed by atoms with Gasteiger partial charge in [-0.3, -0.25) is 24.6 Å². The van der Waals surface area contributed by atoms with E-state index < -0.39 is 0 Å². The third-order valence-electron chi connectivity index (χ3n) is 12.4. The number of carbonyl (C=O) groups is 2. The molecule has 1 aliphatic heterocycles. The molecule has 0 unspecified atom stereocenters. The third-order valence-corrected chi connectivity index (χ3v) is 12.4. The van der Waals surface area contributed by atoms with Gasteiger partial charge in [0.15, 0.2) is 0 Å². The number of nitrogens with zero attached hydrogens (tertiary/aromatic N) is 3. The van der Waals surface area contributed by atoms with Gasteiger partial charge >= 0.3 is 0 Å². The summed E-state index contributed by atoms with van der Waals surface area (Å²) in [6.07, 6.45) is 6.77. The topological polar surface area (TPSA) is 83.8 Å². The molecule has 5 aromatic rings. The number of nitro benzene ring substituents is 1. The number of benzene rings is 5. The molecule has 1 saturated carbocycles. The highest BCUT2D eigenvalue weighted by Crippen LogP contribution is 2.46. The van der Waals surface area contributed by atoms with Gasteiger partial charge in [0, 0.05) is 40.0 Å². The van der Waals surface area contributed by atoms with E-state index >= 15 is 0 Å². The Hall–Kier alpha value is -5.30. The Balaban J connectivity index is 0.00000307. The molecule has 61 heavy (non-hydrogen) atoms. The zero-order chi connectivity index (χ0) is 44.7. The van der Waals surface area contributed by atoms with Crippen molar-refractivity contribution in [3.05, 3.63) is 129 Å². The van der Waals surface area contributed by atoms with Crippen molar-refractivity contribution in [1.29, 1.82) is 0 Å². The lowest BCUT2D eigenvalue weighted by atomic mass is 9.72. The van der Waals surface area contributed by atoms with Crippen LogP contribution in [0, 0.1) is 20.9 Å². The molecule has 1 aliphatic carbocycles. The second-order valence-electron chi connectivity index (χ2n) is 20.8. The molecule has 0 bridgehead atoms. The lowest BCUT2D eigenvalue weighted by Crippen LogP contribution is -2.47. The van der Waals surface area contributed by atoms with Gasteiger partial charge in [0.1, 0.15) is 0 Å². The molecular formula is C54H67N3O4. The van der Waals surface area contributed by atoms with Crippen LogP contribution in [0.1, 0.15) is 160 Å². The third kappa shape index (κ3) is 9.46. The molecule has 7 heteroatoms. The van der Waals surface area contributed by atoms with Crippen LogP contribution in [-0.4, -0.2) is 27.7 Å². The van der Waals surface area contributed by atoms with Gasteiger partial charge in [-0.15, -0.1) is 0 Å². The SMILES string of the molecule is CC.CC(C)(C)CC(C)(C)c1ccc(N(c2ccc(C(C)(C)CC(C)(C)C)cc2)c2ccc(-c3ccc4c5c(cccc35)C(=O)N(C3CCCCC3)C4=O)c([N+](=O)[O-])c2)cc1. The van der Waals surface area contributed by atoms with Gasteiger partial charge in [-0.05, 0) is 118 Å². The number of rotatable bonds is 10. The van der Waals surface area contributed by atoms with E-state index in [1.54, 1.807) is 18.2 Å². The van der Waals surface area contributed by atoms with E-state index in [1.807, 2.05) is 44.2 Å². The van der Waals surface area contributed by atoms with Crippen molar-refractivity contribution in [2.45, 2.75) is 145 Å². The zero-order valence-corrected chi connectivity index (χ0v) is 38.7. The van der Waals surface area contributed by atoms with Gasteiger partial charge in [-0.2, -0.15) is 0 Å². The van der Waals surface area contributed by atoms with Crippen molar-refractivity contribution in [3.63, 3.8) is 0 Å². The first-order chi connectivity index (χ1) is 28.6. The Bertz CT molecular complexity index is 2310. The van der Waals surface area contributed by atoms with E-state index in [-0.39, 0.29) is 50.1 Å². The number of hydrogen-bond donors (Lipinski definition) is 0. The van der Waals surface area contributed by atoms with Crippen LogP contribution in [0.5, 0.6) is 0 Å². The van der Waals surface area contributed by atoms with Gasteiger partial charge in [0.2, 0.25) is 0 Å². The van der Waals surface area contributed by atoms with Crippen LogP contribution in [0.2, 0.25) is 0 Å². The predicted octanol–water partition coefficient (Wildman–Crippen LogP) is 15.3. The molecular weight excluding hydrogens is 755 g/mol. The lowest BCUT2D eigenvalue weighted by molar-refractivity contribution is -0.384. The van der Waals surface area contributed by atoms with Crippen LogP contribution in [0.4, 0.5) is 22.7 Å². The molecule has 0 N–H and O–H groups in total. The van der Waals surface area contributed by atoms with E-state index in [0.717, 1.165) is 56.3 Å². The van der Waals surface area contributed by atoms with E-state index in [2.05, 4.69) is 123 Å². The Labute approximate surface area is 364 Å². The second-order valence-corrected chi connectivity index (χ2v) is 20.8. The molecule has 0 spiro atoms. The minimum absolute atomic E-state index is 0.0512. The van der Waals surface area contributed by atoms with Crippen LogP contribution in [0.25, 0.3) is 21.9 Å². The maximum Gasteiger partial charge on any atom is 0.279 e. The predicted molar refractivity (Wildman–Crippen MR) is 254 cm³/mol. The Morgan fingerprint density at radius 3 is 1.51 bits per heavy atom. The first-order valence-electron chi connectivity index (χ1n) is 22.4. The monoisotopic (exact) mass is 822 g/mol. The van der Waals surface area contributed by atoms with Crippen LogP contribution < -0.4 is 4.90 Å². The van der Waals surface area contributed by atoms with Crippen molar-refractivity contribution >= 4 is 45.3 Å². The summed E-state index contributed by atoms with van der Waals surface area (Å²) >= 11 is 0. The molecule has 0 radical (unpaired) electrons. The zero-order valence-electron chi connectivity index (χ0n) is 38.7. The summed E-state index contributed by atoms with van der Waals surface area (Å²) in [6, 6.07) is 31.5. The van der Waals surface area contributed by atoms with Crippen molar-refractivity contribution < 1.29 is 14.5 Å². The quantitative estimate of drug-likeness (QED) is 0.0796. The molecule has 7 nitrogen and oxygen atoms in total. The van der Waals surface area contributed by atoms with Gasteiger partial charge in [-0.1, -0.05) is 145 Å². The summed E-state index contributed by atoms with van der Waals surface area (Å²) in [5, 5.41) is 14.3. The van der Waals surface area contributed by atoms with E-state index in [0.29, 0.717) is 38.7 Å². The molecule has 0 saturated heterocycles. The minimum Gasteiger partial charge on any atom is -0.310 e. The number of imide groups is 1. The van der Waals surface area contributed by atoms with Gasteiger partial charge in [0.25, 0.3) is 17.5 Å². The van der Waals surface area contributed by atoms with E-state index in [9.17, 15) is 19.7 Å². The molecule has 2 amide bonds. The van der Waals surface area contributed by atoms with Crippen molar-refractivity contribution in [3.8, 4) is 11.1 Å². The molecule has 5 aromatic carbocycles. The van der Waals surface area contributed by atoms with Crippen molar-refractivity contribution in [2.75, 3.05) is 4.90 Å². The molecule has 1 heterocycles. The molecule has 0 atom stereocenters. The van der Waals surface area contributed by atoms with Crippen molar-refractivity contribution in [1.82, 2.24) is 4.90 Å². The normalized spacial score (nSPS) is 15.1. The standard InChI is InChI=1S/C52H61N3O4.C2H6/c1-49(2,3)32-51(7,8)34-19-23-37(24-20-34)53(38-25-21-35(22-26-38)52(9,10)33-50(4,5)6)39-27-28-41(45(31-39)55(58)59)40-29-30-44-46-42(40)17-14-18-43(46)47(56)54(48(44)57)36-15-12-11-13-16-36;1-2/h14,17-31,36H,11-13,15-16,32-33H2,1-10H3;1-2H3. The number of anilines is 3. The summed E-state index contributed by atoms with van der Waals surface area (Å²) in [6.45, 7) is 26.7. The van der Waals surface area contributed by atoms with E-state index in [1.165, 1.54) is 16.0 Å². The summed E-state index contributed by atoms with van der Waals surface area (Å²) in [7, 11) is 0. The van der Waals surface area contributed by atoms with Gasteiger partial charge in [0.05, 0.1) is 16.2 Å². The highest BCUT2D eigenvalue weighted by atomic mass is 16.6. The van der Waals surface area contributed by atoms with Gasteiger partial charge < -0.3 is 4.90 Å². The summed E-state index contributed by atoms with van der Waals surface area (Å²) < 4.78 is 0. The molecule has 0 aromatic heterocycles. The maximum absolute atomic E-state index is 14.0. The maximum atomic E-state index is 14.0. The number of hydrogen-bond acceptors (Lipinski definition) is 5. The first kappa shape index (κ1) is 45.2. The molecule has 7 rings (SSSR count). The fourth-order valence-electron chi connectivity index (χ4n) is 10.5. The highest BCUT2D eigenvalue weighted by Gasteiger charge is 2.39. The Morgan fingerprint density at radius 2 is 1.03 bits per heavy atom. The average molecular weight is 822 g/mol. The molecule has 2 aliphatic rings. The summed E-state index contributed by atoms with van der Waals surface area (Å²) in [5.74, 6) is -0.559. The average Bonchev–Trinajstić information content (AvgIpc) is 3.20. The van der Waals surface area contributed by atoms with Crippen molar-refractivity contribution in [2.24, 2.45) is 10.8 Å². The van der Waals surface area contributed by atoms with E-state index in [4.69, 9.17) is 0 Å². The fourth-order valence-corrected chi connectivity index (χ4v) is 10.5. The lowest BCUT2D eigenvalue weighted by Gasteiger charge is -2.36. The summed E-state index contributed by atoms with van der Waals surface area (Å²) in [5.41, 5.74) is 7.03. The largest absolute Gasteiger partial charge is 0.310 e. The Kier molecular flexibility index (Phi) is 12.8. The van der Waals surface area contributed by atoms with Gasteiger partial charge in [-0.25, -0.2) is 0 Å². The smallest absolute Gasteiger partial charge is 0.279 e. The minimum atomic E-state index is -0.330. The fraction of sp³-hybridized carbons (Fsp3) is 0.444. The van der Waals surface area contributed by atoms with Crippen LogP contribution in [-0.2, 0) is 10.8 Å². The second kappa shape index (κ2) is 17.2. The molecule has 322 valence electrons. The molecule has 1 fully saturated rings. The number of amides is 2. The van der Waals surface area contributed by atoms with Crippen LogP contribution in [0.15, 0.2) is 97.1 Å². The first-order valence-corrected chi connectivity index (χ1v) is 22.4.